The molecule has 1 aliphatic rings. The number of aryl methyl sites for hydroxylation is 1. The average molecular weight is 162 g/mol. The SMILES string of the molecule is CC1CCc2ccc(N)cc2N1. The van der Waals surface area contributed by atoms with Gasteiger partial charge in [0.1, 0.15) is 0 Å². The molecule has 0 aromatic heterocycles. The van der Waals surface area contributed by atoms with Crippen molar-refractivity contribution in [1.29, 1.82) is 0 Å². The summed E-state index contributed by atoms with van der Waals surface area (Å²) in [6.45, 7) is 2.20. The van der Waals surface area contributed by atoms with E-state index in [4.69, 9.17) is 5.73 Å². The molecule has 0 bridgehead atoms. The van der Waals surface area contributed by atoms with E-state index in [0.29, 0.717) is 6.04 Å². The Kier molecular flexibility index (Phi) is 1.68. The number of nitrogen functional groups attached to an aromatic ring is 1. The number of fused-ring (bicyclic) bond motifs is 1. The Labute approximate surface area is 72.8 Å². The Morgan fingerprint density at radius 2 is 2.33 bits per heavy atom. The first-order chi connectivity index (χ1) is 5.75. The van der Waals surface area contributed by atoms with Crippen LogP contribution in [-0.4, -0.2) is 6.04 Å². The van der Waals surface area contributed by atoms with Gasteiger partial charge in [-0.2, -0.15) is 0 Å². The Hall–Kier alpha value is -1.18. The van der Waals surface area contributed by atoms with Gasteiger partial charge in [0.2, 0.25) is 0 Å². The minimum absolute atomic E-state index is 0.583. The van der Waals surface area contributed by atoms with Crippen LogP contribution in [0.1, 0.15) is 18.9 Å². The third-order valence-electron chi connectivity index (χ3n) is 2.38. The van der Waals surface area contributed by atoms with Crippen LogP contribution in [-0.2, 0) is 6.42 Å². The molecule has 64 valence electrons. The molecule has 0 amide bonds. The molecule has 0 saturated heterocycles. The summed E-state index contributed by atoms with van der Waals surface area (Å²) in [6, 6.07) is 6.68. The van der Waals surface area contributed by atoms with Gasteiger partial charge in [0.05, 0.1) is 0 Å². The molecule has 2 nitrogen and oxygen atoms in total. The Morgan fingerprint density at radius 1 is 1.50 bits per heavy atom. The van der Waals surface area contributed by atoms with Gasteiger partial charge >= 0.3 is 0 Å². The maximum atomic E-state index is 5.69. The summed E-state index contributed by atoms with van der Waals surface area (Å²) >= 11 is 0. The van der Waals surface area contributed by atoms with Gasteiger partial charge in [-0.05, 0) is 37.5 Å². The molecule has 0 radical (unpaired) electrons. The van der Waals surface area contributed by atoms with Crippen LogP contribution >= 0.6 is 0 Å². The zero-order chi connectivity index (χ0) is 8.55. The summed E-state index contributed by atoms with van der Waals surface area (Å²) in [5.74, 6) is 0. The van der Waals surface area contributed by atoms with E-state index in [1.807, 2.05) is 12.1 Å². The quantitative estimate of drug-likeness (QED) is 0.573. The third-order valence-corrected chi connectivity index (χ3v) is 2.38. The molecule has 0 spiro atoms. The predicted octanol–water partition coefficient (Wildman–Crippen LogP) is 2.02. The van der Waals surface area contributed by atoms with Crippen LogP contribution in [0.25, 0.3) is 0 Å². The summed E-state index contributed by atoms with van der Waals surface area (Å²) in [4.78, 5) is 0. The Balaban J connectivity index is 2.37. The molecule has 0 aliphatic carbocycles. The first-order valence-corrected chi connectivity index (χ1v) is 4.40. The Morgan fingerprint density at radius 3 is 3.17 bits per heavy atom. The second-order valence-electron chi connectivity index (χ2n) is 3.50. The van der Waals surface area contributed by atoms with Crippen LogP contribution in [0.5, 0.6) is 0 Å². The number of rotatable bonds is 0. The average Bonchev–Trinajstić information content (AvgIpc) is 2.03. The highest BCUT2D eigenvalue weighted by Gasteiger charge is 2.12. The molecule has 0 saturated carbocycles. The van der Waals surface area contributed by atoms with Crippen molar-refractivity contribution in [3.63, 3.8) is 0 Å². The minimum Gasteiger partial charge on any atom is -0.399 e. The topological polar surface area (TPSA) is 38.0 Å². The maximum absolute atomic E-state index is 5.69. The standard InChI is InChI=1S/C10H14N2/c1-7-2-3-8-4-5-9(11)6-10(8)12-7/h4-7,12H,2-3,11H2,1H3. The highest BCUT2D eigenvalue weighted by atomic mass is 14.9. The Bertz CT molecular complexity index is 294. The van der Waals surface area contributed by atoms with Crippen LogP contribution in [0.15, 0.2) is 18.2 Å². The fourth-order valence-electron chi connectivity index (χ4n) is 1.66. The molecule has 2 rings (SSSR count). The van der Waals surface area contributed by atoms with Crippen molar-refractivity contribution in [2.24, 2.45) is 0 Å². The van der Waals surface area contributed by atoms with Gasteiger partial charge in [0, 0.05) is 17.4 Å². The van der Waals surface area contributed by atoms with Crippen molar-refractivity contribution in [1.82, 2.24) is 0 Å². The van der Waals surface area contributed by atoms with Crippen LogP contribution in [0, 0.1) is 0 Å². The maximum Gasteiger partial charge on any atom is 0.0395 e. The van der Waals surface area contributed by atoms with Crippen molar-refractivity contribution in [3.8, 4) is 0 Å². The predicted molar refractivity (Wildman–Crippen MR) is 52.3 cm³/mol. The van der Waals surface area contributed by atoms with E-state index in [1.54, 1.807) is 0 Å². The van der Waals surface area contributed by atoms with Crippen LogP contribution in [0.3, 0.4) is 0 Å². The number of nitrogens with two attached hydrogens (primary N) is 1. The normalized spacial score (nSPS) is 21.2. The van der Waals surface area contributed by atoms with Gasteiger partial charge in [0.15, 0.2) is 0 Å². The lowest BCUT2D eigenvalue weighted by Crippen LogP contribution is -2.21. The van der Waals surface area contributed by atoms with E-state index in [9.17, 15) is 0 Å². The third kappa shape index (κ3) is 1.24. The summed E-state index contributed by atoms with van der Waals surface area (Å²) in [6.07, 6.45) is 2.39. The van der Waals surface area contributed by atoms with Gasteiger partial charge < -0.3 is 11.1 Å². The molecule has 3 N–H and O–H groups in total. The van der Waals surface area contributed by atoms with Gasteiger partial charge in [0.25, 0.3) is 0 Å². The van der Waals surface area contributed by atoms with E-state index >= 15 is 0 Å². The van der Waals surface area contributed by atoms with E-state index in [2.05, 4.69) is 18.3 Å². The zero-order valence-electron chi connectivity index (χ0n) is 7.30. The van der Waals surface area contributed by atoms with E-state index < -0.39 is 0 Å². The largest absolute Gasteiger partial charge is 0.399 e. The van der Waals surface area contributed by atoms with Gasteiger partial charge in [-0.15, -0.1) is 0 Å². The smallest absolute Gasteiger partial charge is 0.0395 e. The van der Waals surface area contributed by atoms with E-state index in [-0.39, 0.29) is 0 Å². The number of anilines is 2. The lowest BCUT2D eigenvalue weighted by molar-refractivity contribution is 0.681. The molecule has 2 heteroatoms. The second kappa shape index (κ2) is 2.70. The molecule has 1 unspecified atom stereocenters. The summed E-state index contributed by atoms with van der Waals surface area (Å²) in [5, 5.41) is 3.42. The highest BCUT2D eigenvalue weighted by Crippen LogP contribution is 2.26. The molecule has 1 aromatic carbocycles. The second-order valence-corrected chi connectivity index (χ2v) is 3.50. The van der Waals surface area contributed by atoms with E-state index in [0.717, 1.165) is 5.69 Å². The number of nitrogens with one attached hydrogen (secondary N) is 1. The molecule has 1 aromatic rings. The fourth-order valence-corrected chi connectivity index (χ4v) is 1.66. The van der Waals surface area contributed by atoms with Gasteiger partial charge in [-0.1, -0.05) is 6.07 Å². The van der Waals surface area contributed by atoms with Crippen LogP contribution in [0.4, 0.5) is 11.4 Å². The van der Waals surface area contributed by atoms with Crippen LogP contribution < -0.4 is 11.1 Å². The summed E-state index contributed by atoms with van der Waals surface area (Å²) in [5.41, 5.74) is 9.14. The molecule has 1 atom stereocenters. The van der Waals surface area contributed by atoms with Crippen molar-refractivity contribution in [2.75, 3.05) is 11.1 Å². The first kappa shape index (κ1) is 7.47. The zero-order valence-corrected chi connectivity index (χ0v) is 7.30. The van der Waals surface area contributed by atoms with E-state index in [1.165, 1.54) is 24.1 Å². The number of hydrogen-bond acceptors (Lipinski definition) is 2. The van der Waals surface area contributed by atoms with Crippen molar-refractivity contribution in [2.45, 2.75) is 25.8 Å². The number of hydrogen-bond donors (Lipinski definition) is 2. The van der Waals surface area contributed by atoms with Gasteiger partial charge in [-0.3, -0.25) is 0 Å². The fraction of sp³-hybridized carbons (Fsp3) is 0.400. The molecule has 12 heavy (non-hydrogen) atoms. The molecular weight excluding hydrogens is 148 g/mol. The molecule has 0 fully saturated rings. The summed E-state index contributed by atoms with van der Waals surface area (Å²) in [7, 11) is 0. The van der Waals surface area contributed by atoms with Crippen molar-refractivity contribution in [3.05, 3.63) is 23.8 Å². The molecular formula is C10H14N2. The van der Waals surface area contributed by atoms with Crippen molar-refractivity contribution < 1.29 is 0 Å². The molecule has 1 heterocycles. The lowest BCUT2D eigenvalue weighted by Gasteiger charge is -2.24. The summed E-state index contributed by atoms with van der Waals surface area (Å²) < 4.78 is 0. The lowest BCUT2D eigenvalue weighted by atomic mass is 9.99. The monoisotopic (exact) mass is 162 g/mol. The van der Waals surface area contributed by atoms with Gasteiger partial charge in [-0.25, -0.2) is 0 Å². The minimum atomic E-state index is 0.583. The highest BCUT2D eigenvalue weighted by molar-refractivity contribution is 5.61. The first-order valence-electron chi connectivity index (χ1n) is 4.40. The molecule has 1 aliphatic heterocycles. The van der Waals surface area contributed by atoms with Crippen LogP contribution in [0.2, 0.25) is 0 Å². The van der Waals surface area contributed by atoms with Crippen molar-refractivity contribution >= 4 is 11.4 Å². The number of benzene rings is 1.